The zero-order valence-corrected chi connectivity index (χ0v) is 20.7. The van der Waals surface area contributed by atoms with Crippen molar-refractivity contribution in [2.75, 3.05) is 33.9 Å². The van der Waals surface area contributed by atoms with E-state index in [1.165, 1.54) is 0 Å². The van der Waals surface area contributed by atoms with Gasteiger partial charge in [0.1, 0.15) is 24.0 Å². The van der Waals surface area contributed by atoms with E-state index in [9.17, 15) is 0 Å². The molecule has 4 aromatic rings. The Kier molecular flexibility index (Phi) is 5.85. The third-order valence-corrected chi connectivity index (χ3v) is 6.65. The second-order valence-electron chi connectivity index (χ2n) is 9.33. The number of benzene rings is 1. The summed E-state index contributed by atoms with van der Waals surface area (Å²) in [7, 11) is 3.72. The molecular weight excluding hydrogens is 458 g/mol. The smallest absolute Gasteiger partial charge is 0.204 e. The fraction of sp³-hybridized carbons (Fsp3) is 0.370. The Hall–Kier alpha value is -3.85. The number of imidazole rings is 1. The monoisotopic (exact) mass is 487 g/mol. The van der Waals surface area contributed by atoms with Crippen LogP contribution < -0.4 is 18.9 Å². The van der Waals surface area contributed by atoms with Crippen LogP contribution in [0.2, 0.25) is 0 Å². The number of likely N-dealkylation sites (tertiary alicyclic amines) is 1. The maximum Gasteiger partial charge on any atom is 0.204 e. The van der Waals surface area contributed by atoms with Gasteiger partial charge in [-0.15, -0.1) is 0 Å². The van der Waals surface area contributed by atoms with Gasteiger partial charge in [0, 0.05) is 36.6 Å². The summed E-state index contributed by atoms with van der Waals surface area (Å²) in [6.07, 6.45) is 6.30. The maximum absolute atomic E-state index is 6.30. The zero-order valence-electron chi connectivity index (χ0n) is 20.7. The van der Waals surface area contributed by atoms with Crippen molar-refractivity contribution < 1.29 is 18.9 Å². The molecule has 2 aliphatic heterocycles. The van der Waals surface area contributed by atoms with E-state index in [4.69, 9.17) is 18.9 Å². The molecule has 0 bridgehead atoms. The summed E-state index contributed by atoms with van der Waals surface area (Å²) in [5.41, 5.74) is 4.63. The molecule has 1 fully saturated rings. The predicted molar refractivity (Wildman–Crippen MR) is 134 cm³/mol. The van der Waals surface area contributed by atoms with Gasteiger partial charge in [0.05, 0.1) is 26.2 Å². The van der Waals surface area contributed by atoms with Gasteiger partial charge in [0.25, 0.3) is 0 Å². The Labute approximate surface area is 209 Å². The third-order valence-electron chi connectivity index (χ3n) is 6.65. The van der Waals surface area contributed by atoms with Gasteiger partial charge in [-0.1, -0.05) is 13.0 Å². The molecule has 0 saturated carbocycles. The molecule has 0 radical (unpaired) electrons. The SMILES string of the molecule is CCc1ccc(C2COc3cc(Cn4cnc5cc(OC6CN(C)C6)cnc54)cc(OC)c3O2)cn1. The standard InChI is InChI=1S/C27H29N5O4/c1-4-19-6-5-18(10-28-19)25-15-34-24-8-17(7-23(33-3)26(24)36-25)12-32-16-30-22-9-20(11-29-27(22)32)35-21-13-31(2)14-21/h5-11,16,21,25H,4,12-15H2,1-3H3. The van der Waals surface area contributed by atoms with Crippen LogP contribution in [0.25, 0.3) is 11.2 Å². The number of nitrogens with zero attached hydrogens (tertiary/aromatic N) is 5. The van der Waals surface area contributed by atoms with E-state index in [2.05, 4.69) is 33.8 Å². The van der Waals surface area contributed by atoms with Crippen molar-refractivity contribution in [2.24, 2.45) is 0 Å². The molecule has 6 rings (SSSR count). The molecule has 1 aromatic carbocycles. The topological polar surface area (TPSA) is 83.8 Å². The van der Waals surface area contributed by atoms with Crippen LogP contribution in [-0.2, 0) is 13.0 Å². The van der Waals surface area contributed by atoms with E-state index in [0.29, 0.717) is 30.4 Å². The Morgan fingerprint density at radius 2 is 1.97 bits per heavy atom. The fourth-order valence-corrected chi connectivity index (χ4v) is 4.65. The first-order chi connectivity index (χ1) is 17.6. The highest BCUT2D eigenvalue weighted by Gasteiger charge is 2.27. The first-order valence-corrected chi connectivity index (χ1v) is 12.2. The Morgan fingerprint density at radius 3 is 2.72 bits per heavy atom. The number of rotatable bonds is 7. The summed E-state index contributed by atoms with van der Waals surface area (Å²) < 4.78 is 26.1. The second kappa shape index (κ2) is 9.31. The molecule has 0 spiro atoms. The van der Waals surface area contributed by atoms with Gasteiger partial charge in [-0.05, 0) is 37.2 Å². The number of hydrogen-bond acceptors (Lipinski definition) is 8. The normalized spacial score (nSPS) is 17.7. The molecule has 1 unspecified atom stereocenters. The van der Waals surface area contributed by atoms with Gasteiger partial charge >= 0.3 is 0 Å². The maximum atomic E-state index is 6.30. The number of ether oxygens (including phenoxy) is 4. The molecule has 0 aliphatic carbocycles. The van der Waals surface area contributed by atoms with E-state index < -0.39 is 0 Å². The van der Waals surface area contributed by atoms with Gasteiger partial charge in [-0.3, -0.25) is 9.88 Å². The van der Waals surface area contributed by atoms with Crippen molar-refractivity contribution in [3.05, 3.63) is 65.9 Å². The number of methoxy groups -OCH3 is 1. The highest BCUT2D eigenvalue weighted by molar-refractivity contribution is 5.72. The van der Waals surface area contributed by atoms with Gasteiger partial charge in [0.15, 0.2) is 23.3 Å². The number of likely N-dealkylation sites (N-methyl/N-ethyl adjacent to an activating group) is 1. The molecule has 9 heteroatoms. The fourth-order valence-electron chi connectivity index (χ4n) is 4.65. The van der Waals surface area contributed by atoms with E-state index in [0.717, 1.165) is 53.2 Å². The van der Waals surface area contributed by atoms with Crippen LogP contribution in [0.3, 0.4) is 0 Å². The number of aromatic nitrogens is 4. The average Bonchev–Trinajstić information content (AvgIpc) is 3.28. The van der Waals surface area contributed by atoms with Crippen LogP contribution in [0.4, 0.5) is 0 Å². The largest absolute Gasteiger partial charge is 0.493 e. The van der Waals surface area contributed by atoms with Crippen LogP contribution in [-0.4, -0.2) is 64.4 Å². The Balaban J connectivity index is 1.21. The van der Waals surface area contributed by atoms with Crippen LogP contribution >= 0.6 is 0 Å². The Bertz CT molecular complexity index is 1360. The summed E-state index contributed by atoms with van der Waals surface area (Å²) in [6, 6.07) is 9.98. The lowest BCUT2D eigenvalue weighted by atomic mass is 10.1. The predicted octanol–water partition coefficient (Wildman–Crippen LogP) is 3.65. The lowest BCUT2D eigenvalue weighted by molar-refractivity contribution is 0.0387. The molecule has 1 saturated heterocycles. The van der Waals surface area contributed by atoms with Gasteiger partial charge in [-0.2, -0.15) is 0 Å². The van der Waals surface area contributed by atoms with Crippen molar-refractivity contribution in [3.63, 3.8) is 0 Å². The Morgan fingerprint density at radius 1 is 1.08 bits per heavy atom. The second-order valence-corrected chi connectivity index (χ2v) is 9.33. The lowest BCUT2D eigenvalue weighted by Gasteiger charge is -2.35. The van der Waals surface area contributed by atoms with Crippen LogP contribution in [0, 0.1) is 0 Å². The van der Waals surface area contributed by atoms with E-state index in [1.54, 1.807) is 19.6 Å². The summed E-state index contributed by atoms with van der Waals surface area (Å²) in [6.45, 7) is 4.92. The molecular formula is C27H29N5O4. The number of fused-ring (bicyclic) bond motifs is 2. The van der Waals surface area contributed by atoms with Crippen molar-refractivity contribution >= 4 is 11.2 Å². The van der Waals surface area contributed by atoms with E-state index >= 15 is 0 Å². The van der Waals surface area contributed by atoms with Crippen LogP contribution in [0.1, 0.15) is 29.8 Å². The van der Waals surface area contributed by atoms with E-state index in [1.807, 2.05) is 41.1 Å². The zero-order chi connectivity index (χ0) is 24.6. The number of pyridine rings is 2. The van der Waals surface area contributed by atoms with Crippen molar-refractivity contribution in [1.29, 1.82) is 0 Å². The summed E-state index contributed by atoms with van der Waals surface area (Å²) in [4.78, 5) is 15.9. The first-order valence-electron chi connectivity index (χ1n) is 12.2. The minimum atomic E-state index is -0.241. The summed E-state index contributed by atoms with van der Waals surface area (Å²) >= 11 is 0. The molecule has 0 amide bonds. The van der Waals surface area contributed by atoms with Crippen molar-refractivity contribution in [3.8, 4) is 23.0 Å². The molecule has 5 heterocycles. The van der Waals surface area contributed by atoms with Gasteiger partial charge < -0.3 is 23.5 Å². The quantitative estimate of drug-likeness (QED) is 0.391. The minimum Gasteiger partial charge on any atom is -0.493 e. The molecule has 3 aromatic heterocycles. The highest BCUT2D eigenvalue weighted by atomic mass is 16.6. The van der Waals surface area contributed by atoms with Gasteiger partial charge in [0.2, 0.25) is 5.75 Å². The lowest BCUT2D eigenvalue weighted by Crippen LogP contribution is -2.51. The minimum absolute atomic E-state index is 0.216. The van der Waals surface area contributed by atoms with Gasteiger partial charge in [-0.25, -0.2) is 9.97 Å². The van der Waals surface area contributed by atoms with Crippen molar-refractivity contribution in [1.82, 2.24) is 24.4 Å². The number of hydrogen-bond donors (Lipinski definition) is 0. The average molecular weight is 488 g/mol. The van der Waals surface area contributed by atoms with Crippen LogP contribution in [0.5, 0.6) is 23.0 Å². The summed E-state index contributed by atoms with van der Waals surface area (Å²) in [5.74, 6) is 2.65. The summed E-state index contributed by atoms with van der Waals surface area (Å²) in [5, 5.41) is 0. The number of aryl methyl sites for hydroxylation is 1. The van der Waals surface area contributed by atoms with Crippen molar-refractivity contribution in [2.45, 2.75) is 32.1 Å². The van der Waals surface area contributed by atoms with Crippen LogP contribution in [0.15, 0.2) is 49.1 Å². The van der Waals surface area contributed by atoms with E-state index in [-0.39, 0.29) is 12.2 Å². The highest BCUT2D eigenvalue weighted by Crippen LogP contribution is 2.44. The first kappa shape index (κ1) is 22.6. The molecule has 36 heavy (non-hydrogen) atoms. The molecule has 2 aliphatic rings. The molecule has 0 N–H and O–H groups in total. The molecule has 186 valence electrons. The molecule has 9 nitrogen and oxygen atoms in total. The third kappa shape index (κ3) is 4.30. The molecule has 1 atom stereocenters.